The van der Waals surface area contributed by atoms with Crippen molar-refractivity contribution in [3.05, 3.63) is 0 Å². The SMILES string of the molecule is n1nc(-c2n[nH]n3nnn23)n[nH]1. The fourth-order valence-corrected chi connectivity index (χ4v) is 0.847. The highest BCUT2D eigenvalue weighted by molar-refractivity contribution is 5.38. The summed E-state index contributed by atoms with van der Waals surface area (Å²) in [4.78, 5) is 0. The molecule has 3 rings (SSSR count). The zero-order chi connectivity index (χ0) is 7.97. The molecule has 3 heterocycles. The predicted molar refractivity (Wildman–Crippen MR) is 31.8 cm³/mol. The van der Waals surface area contributed by atoms with Gasteiger partial charge in [-0.15, -0.1) is 15.3 Å². The van der Waals surface area contributed by atoms with E-state index >= 15 is 0 Å². The molecule has 0 saturated heterocycles. The number of tetrazole rings is 2. The summed E-state index contributed by atoms with van der Waals surface area (Å²) in [5.41, 5.74) is 0. The van der Waals surface area contributed by atoms with Gasteiger partial charge in [-0.25, -0.2) is 0 Å². The summed E-state index contributed by atoms with van der Waals surface area (Å²) in [6, 6.07) is 0. The highest BCUT2D eigenvalue weighted by atomic mass is 15.9. The number of rotatable bonds is 1. The van der Waals surface area contributed by atoms with Gasteiger partial charge in [0.15, 0.2) is 0 Å². The molecule has 0 atom stereocenters. The first-order valence-corrected chi connectivity index (χ1v) is 3.04. The van der Waals surface area contributed by atoms with Gasteiger partial charge in [-0.3, -0.25) is 0 Å². The Balaban J connectivity index is 2.29. The van der Waals surface area contributed by atoms with Crippen molar-refractivity contribution in [2.24, 2.45) is 0 Å². The molecule has 0 radical (unpaired) electrons. The minimum Gasteiger partial charge on any atom is -0.177 e. The van der Waals surface area contributed by atoms with Crippen LogP contribution in [0.15, 0.2) is 0 Å². The summed E-state index contributed by atoms with van der Waals surface area (Å²) in [5, 5.41) is 26.8. The number of hydrogen-bond acceptors (Lipinski definition) is 6. The molecule has 0 unspecified atom stereocenters. The molecule has 0 aromatic carbocycles. The fourth-order valence-electron chi connectivity index (χ4n) is 0.847. The van der Waals surface area contributed by atoms with E-state index in [2.05, 4.69) is 41.4 Å². The number of aromatic amines is 2. The molecule has 0 bridgehead atoms. The molecule has 0 fully saturated rings. The number of nitrogens with one attached hydrogen (secondary N) is 2. The summed E-state index contributed by atoms with van der Waals surface area (Å²) in [7, 11) is 0. The van der Waals surface area contributed by atoms with Crippen LogP contribution in [0.2, 0.25) is 0 Å². The molecule has 0 aliphatic heterocycles. The second kappa shape index (κ2) is 1.66. The molecule has 0 aliphatic rings. The van der Waals surface area contributed by atoms with Crippen LogP contribution in [0.4, 0.5) is 0 Å². The lowest BCUT2D eigenvalue weighted by Gasteiger charge is -1.93. The lowest BCUT2D eigenvalue weighted by atomic mass is 10.6. The normalized spacial score (nSPS) is 11.3. The van der Waals surface area contributed by atoms with Crippen LogP contribution in [0.5, 0.6) is 0 Å². The van der Waals surface area contributed by atoms with E-state index in [0.717, 1.165) is 0 Å². The molecule has 12 heavy (non-hydrogen) atoms. The molecule has 0 saturated carbocycles. The van der Waals surface area contributed by atoms with Gasteiger partial charge in [-0.2, -0.15) is 10.4 Å². The van der Waals surface area contributed by atoms with Gasteiger partial charge in [0.1, 0.15) is 0 Å². The van der Waals surface area contributed by atoms with Gasteiger partial charge >= 0.3 is 0 Å². The lowest BCUT2D eigenvalue weighted by Crippen LogP contribution is -2.16. The third-order valence-electron chi connectivity index (χ3n) is 1.37. The zero-order valence-corrected chi connectivity index (χ0v) is 5.58. The second-order valence-corrected chi connectivity index (χ2v) is 2.03. The largest absolute Gasteiger partial charge is 0.247 e. The Morgan fingerprint density at radius 2 is 2.17 bits per heavy atom. The average Bonchev–Trinajstić information content (AvgIpc) is 2.58. The maximum atomic E-state index is 3.85. The molecule has 3 aromatic heterocycles. The average molecular weight is 166 g/mol. The summed E-state index contributed by atoms with van der Waals surface area (Å²) >= 11 is 0. The smallest absolute Gasteiger partial charge is 0.177 e. The summed E-state index contributed by atoms with van der Waals surface area (Å²) < 4.78 is 2.75. The predicted octanol–water partition coefficient (Wildman–Crippen LogP) is -2.27. The van der Waals surface area contributed by atoms with Crippen LogP contribution in [-0.4, -0.2) is 50.7 Å². The molecule has 3 aromatic rings. The molecule has 0 spiro atoms. The van der Waals surface area contributed by atoms with Crippen LogP contribution in [0, 0.1) is 0 Å². The summed E-state index contributed by atoms with van der Waals surface area (Å²) in [5.74, 6) is 0.822. The molecule has 10 nitrogen and oxygen atoms in total. The van der Waals surface area contributed by atoms with Crippen LogP contribution in [0.3, 0.4) is 0 Å². The van der Waals surface area contributed by atoms with Crippen molar-refractivity contribution in [3.8, 4) is 11.6 Å². The van der Waals surface area contributed by atoms with E-state index in [-0.39, 0.29) is 0 Å². The maximum absolute atomic E-state index is 3.85. The van der Waals surface area contributed by atoms with Gasteiger partial charge in [0, 0.05) is 0 Å². The molecule has 60 valence electrons. The Labute approximate surface area is 63.5 Å². The molecule has 0 aliphatic carbocycles. The van der Waals surface area contributed by atoms with Crippen molar-refractivity contribution >= 4 is 0 Å². The minimum absolute atomic E-state index is 0.364. The van der Waals surface area contributed by atoms with Crippen LogP contribution >= 0.6 is 0 Å². The van der Waals surface area contributed by atoms with E-state index in [4.69, 9.17) is 0 Å². The maximum Gasteiger partial charge on any atom is 0.247 e. The number of hydrogen-bond donors (Lipinski definition) is 2. The fraction of sp³-hybridized carbons (Fsp3) is 0. The van der Waals surface area contributed by atoms with E-state index in [1.807, 2.05) is 0 Å². The Hall–Kier alpha value is -2.26. The Morgan fingerprint density at radius 3 is 2.75 bits per heavy atom. The number of aromatic nitrogens is 10. The third kappa shape index (κ3) is 0.492. The van der Waals surface area contributed by atoms with E-state index < -0.39 is 0 Å². The van der Waals surface area contributed by atoms with E-state index in [1.54, 1.807) is 0 Å². The van der Waals surface area contributed by atoms with Gasteiger partial charge in [0.2, 0.25) is 11.6 Å². The van der Waals surface area contributed by atoms with Gasteiger partial charge in [0.25, 0.3) is 0 Å². The molecule has 2 N–H and O–H groups in total. The van der Waals surface area contributed by atoms with Crippen molar-refractivity contribution < 1.29 is 0 Å². The Kier molecular flexibility index (Phi) is 0.748. The van der Waals surface area contributed by atoms with Crippen molar-refractivity contribution in [2.75, 3.05) is 0 Å². The molecular weight excluding hydrogens is 164 g/mol. The number of nitrogens with zero attached hydrogens (tertiary/aromatic N) is 8. The van der Waals surface area contributed by atoms with Crippen molar-refractivity contribution in [1.29, 1.82) is 0 Å². The minimum atomic E-state index is 0.364. The first-order valence-electron chi connectivity index (χ1n) is 3.04. The number of H-pyrrole nitrogens is 2. The second-order valence-electron chi connectivity index (χ2n) is 2.03. The third-order valence-corrected chi connectivity index (χ3v) is 1.37. The summed E-state index contributed by atoms with van der Waals surface area (Å²) in [6.07, 6.45) is 0. The highest BCUT2D eigenvalue weighted by Crippen LogP contribution is 2.04. The first kappa shape index (κ1) is 5.40. The topological polar surface area (TPSA) is 118 Å². The van der Waals surface area contributed by atoms with Crippen molar-refractivity contribution in [3.63, 3.8) is 0 Å². The van der Waals surface area contributed by atoms with Crippen LogP contribution in [-0.2, 0) is 0 Å². The van der Waals surface area contributed by atoms with E-state index in [1.165, 1.54) is 9.37 Å². The van der Waals surface area contributed by atoms with Gasteiger partial charge in [-0.1, -0.05) is 4.63 Å². The Bertz CT molecular complexity index is 476. The van der Waals surface area contributed by atoms with Gasteiger partial charge in [-0.05, 0) is 20.4 Å². The standard InChI is InChI=1S/C2H2N10/c3-1(4-7-6-3)2-5-8-12-10-9-11(2)12/h8H,(H,3,4,6,7). The number of fused-ring (bicyclic) bond motifs is 1. The van der Waals surface area contributed by atoms with Gasteiger partial charge in [0.05, 0.1) is 0 Å². The highest BCUT2D eigenvalue weighted by Gasteiger charge is 2.13. The molecular formula is C2H2N10. The summed E-state index contributed by atoms with van der Waals surface area (Å²) in [6.45, 7) is 0. The Morgan fingerprint density at radius 1 is 1.17 bits per heavy atom. The lowest BCUT2D eigenvalue weighted by molar-refractivity contribution is 0.401. The van der Waals surface area contributed by atoms with E-state index in [9.17, 15) is 0 Å². The molecule has 0 amide bonds. The van der Waals surface area contributed by atoms with Crippen molar-refractivity contribution in [2.45, 2.75) is 0 Å². The monoisotopic (exact) mass is 166 g/mol. The van der Waals surface area contributed by atoms with Crippen LogP contribution < -0.4 is 0 Å². The van der Waals surface area contributed by atoms with Crippen LogP contribution in [0.1, 0.15) is 0 Å². The van der Waals surface area contributed by atoms with E-state index in [0.29, 0.717) is 11.6 Å². The van der Waals surface area contributed by atoms with Crippen molar-refractivity contribution in [1.82, 2.24) is 50.7 Å². The van der Waals surface area contributed by atoms with Gasteiger partial charge < -0.3 is 0 Å². The van der Waals surface area contributed by atoms with Crippen LogP contribution in [0.25, 0.3) is 11.6 Å². The quantitative estimate of drug-likeness (QED) is 0.421. The zero-order valence-electron chi connectivity index (χ0n) is 5.58. The molecule has 10 heteroatoms. The first-order chi connectivity index (χ1) is 5.95.